The van der Waals surface area contributed by atoms with Gasteiger partial charge in [0.1, 0.15) is 0 Å². The van der Waals surface area contributed by atoms with E-state index in [9.17, 15) is 0 Å². The lowest BCUT2D eigenvalue weighted by molar-refractivity contribution is -0.0622. The number of fused-ring (bicyclic) bond motifs is 4. The van der Waals surface area contributed by atoms with Crippen LogP contribution in [-0.2, 0) is 0 Å². The van der Waals surface area contributed by atoms with Gasteiger partial charge in [-0.25, -0.2) is 4.99 Å². The van der Waals surface area contributed by atoms with Crippen molar-refractivity contribution in [2.45, 2.75) is 71.3 Å². The Balaban J connectivity index is 2.00. The van der Waals surface area contributed by atoms with Crippen molar-refractivity contribution in [2.24, 2.45) is 27.7 Å². The molecule has 0 N–H and O–H groups in total. The van der Waals surface area contributed by atoms with Crippen molar-refractivity contribution in [1.82, 2.24) is 0 Å². The van der Waals surface area contributed by atoms with Gasteiger partial charge in [0.15, 0.2) is 0 Å². The Kier molecular flexibility index (Phi) is 2.78. The highest BCUT2D eigenvalue weighted by Gasteiger charge is 2.60. The first kappa shape index (κ1) is 12.8. The van der Waals surface area contributed by atoms with Gasteiger partial charge in [-0.15, -0.1) is 0 Å². The molecule has 3 aliphatic carbocycles. The Labute approximate surface area is 116 Å². The Hall–Kier alpha value is -0.200. The van der Waals surface area contributed by atoms with Crippen LogP contribution in [0.25, 0.3) is 0 Å². The van der Waals surface area contributed by atoms with Crippen molar-refractivity contribution in [3.8, 4) is 0 Å². The zero-order valence-corrected chi connectivity index (χ0v) is 12.8. The second kappa shape index (κ2) is 3.90. The topological polar surface area (TPSA) is 12.4 Å². The molecule has 4 atom stereocenters. The van der Waals surface area contributed by atoms with Crippen LogP contribution >= 0.6 is 12.2 Å². The molecule has 0 aromatic rings. The summed E-state index contributed by atoms with van der Waals surface area (Å²) in [7, 11) is 0. The molecule has 3 rings (SSSR count). The molecular formula is C16H25NS. The average Bonchev–Trinajstić information content (AvgIpc) is 2.32. The summed E-state index contributed by atoms with van der Waals surface area (Å²) < 4.78 is 0. The first-order valence-electron chi connectivity index (χ1n) is 7.50. The third-order valence-electron chi connectivity index (χ3n) is 6.38. The lowest BCUT2D eigenvalue weighted by atomic mass is 9.48. The molecule has 0 radical (unpaired) electrons. The maximum absolute atomic E-state index is 4.97. The normalized spacial score (nSPS) is 49.3. The quantitative estimate of drug-likeness (QED) is 0.486. The molecule has 3 aliphatic rings. The van der Waals surface area contributed by atoms with E-state index in [2.05, 4.69) is 25.9 Å². The lowest BCUT2D eigenvalue weighted by Gasteiger charge is -2.58. The minimum absolute atomic E-state index is 0.158. The SMILES string of the molecule is CC12CCCC(N=C=S)(C1)C1CC(C)(C)C1CC2. The summed E-state index contributed by atoms with van der Waals surface area (Å²) in [5.74, 6) is 1.65. The molecule has 2 bridgehead atoms. The number of hydrogen-bond donors (Lipinski definition) is 0. The predicted molar refractivity (Wildman–Crippen MR) is 78.9 cm³/mol. The second-order valence-electron chi connectivity index (χ2n) is 8.09. The fraction of sp³-hybridized carbons (Fsp3) is 0.938. The third-order valence-corrected chi connectivity index (χ3v) is 6.47. The number of thiocarbonyl (C=S) groups is 1. The number of nitrogens with zero attached hydrogens (tertiary/aromatic N) is 1. The molecule has 100 valence electrons. The minimum atomic E-state index is 0.158. The molecule has 0 spiro atoms. The van der Waals surface area contributed by atoms with Gasteiger partial charge in [-0.05, 0) is 73.4 Å². The van der Waals surface area contributed by atoms with Crippen LogP contribution < -0.4 is 0 Å². The maximum Gasteiger partial charge on any atom is 0.0747 e. The summed E-state index contributed by atoms with van der Waals surface area (Å²) in [5.41, 5.74) is 1.20. The van der Waals surface area contributed by atoms with Crippen molar-refractivity contribution in [3.05, 3.63) is 0 Å². The molecule has 0 aromatic heterocycles. The van der Waals surface area contributed by atoms with Crippen LogP contribution in [0.3, 0.4) is 0 Å². The van der Waals surface area contributed by atoms with Crippen molar-refractivity contribution in [1.29, 1.82) is 0 Å². The number of isothiocyanates is 1. The summed E-state index contributed by atoms with van der Waals surface area (Å²) in [6.07, 6.45) is 9.38. The first-order chi connectivity index (χ1) is 8.41. The number of aliphatic imine (C=N–C) groups is 1. The Morgan fingerprint density at radius 1 is 1.11 bits per heavy atom. The summed E-state index contributed by atoms with van der Waals surface area (Å²) in [4.78, 5) is 4.75. The molecule has 1 nitrogen and oxygen atoms in total. The van der Waals surface area contributed by atoms with Gasteiger partial charge in [0.25, 0.3) is 0 Å². The van der Waals surface area contributed by atoms with E-state index in [1.165, 1.54) is 44.9 Å². The fourth-order valence-corrected chi connectivity index (χ4v) is 5.62. The molecule has 2 heteroatoms. The van der Waals surface area contributed by atoms with Gasteiger partial charge >= 0.3 is 0 Å². The smallest absolute Gasteiger partial charge is 0.0747 e. The Morgan fingerprint density at radius 2 is 1.89 bits per heavy atom. The zero-order valence-electron chi connectivity index (χ0n) is 12.0. The number of hydrogen-bond acceptors (Lipinski definition) is 2. The predicted octanol–water partition coefficient (Wildman–Crippen LogP) is 4.86. The highest BCUT2D eigenvalue weighted by atomic mass is 32.1. The molecule has 0 heterocycles. The molecule has 3 saturated carbocycles. The molecule has 18 heavy (non-hydrogen) atoms. The van der Waals surface area contributed by atoms with Crippen molar-refractivity contribution in [2.75, 3.05) is 0 Å². The van der Waals surface area contributed by atoms with Crippen molar-refractivity contribution < 1.29 is 0 Å². The lowest BCUT2D eigenvalue weighted by Crippen LogP contribution is -2.55. The van der Waals surface area contributed by atoms with Gasteiger partial charge in [-0.1, -0.05) is 27.2 Å². The van der Waals surface area contributed by atoms with Crippen LogP contribution in [0, 0.1) is 22.7 Å². The van der Waals surface area contributed by atoms with E-state index < -0.39 is 0 Å². The first-order valence-corrected chi connectivity index (χ1v) is 7.91. The Morgan fingerprint density at radius 3 is 2.56 bits per heavy atom. The summed E-state index contributed by atoms with van der Waals surface area (Å²) in [6.45, 7) is 7.37. The van der Waals surface area contributed by atoms with E-state index >= 15 is 0 Å². The van der Waals surface area contributed by atoms with Gasteiger partial charge in [0.2, 0.25) is 0 Å². The van der Waals surface area contributed by atoms with E-state index in [1.54, 1.807) is 0 Å². The Bertz CT molecular complexity index is 409. The molecule has 4 unspecified atom stereocenters. The minimum Gasteiger partial charge on any atom is -0.225 e. The zero-order chi connectivity index (χ0) is 13.0. The summed E-state index contributed by atoms with van der Waals surface area (Å²) in [5, 5.41) is 2.75. The highest BCUT2D eigenvalue weighted by molar-refractivity contribution is 7.78. The molecular weight excluding hydrogens is 238 g/mol. The summed E-state index contributed by atoms with van der Waals surface area (Å²) >= 11 is 4.97. The largest absolute Gasteiger partial charge is 0.225 e. The van der Waals surface area contributed by atoms with Gasteiger partial charge < -0.3 is 0 Å². The standard InChI is InChI=1S/C16H25NS/c1-14(2)9-13-12(14)5-8-15(3)6-4-7-16(13,10-15)17-11-18/h12-13H,4-10H2,1-3H3. The molecule has 3 fully saturated rings. The van der Waals surface area contributed by atoms with Crippen LogP contribution in [0.5, 0.6) is 0 Å². The van der Waals surface area contributed by atoms with Crippen LogP contribution in [0.2, 0.25) is 0 Å². The van der Waals surface area contributed by atoms with Crippen LogP contribution in [0.4, 0.5) is 0 Å². The van der Waals surface area contributed by atoms with Crippen LogP contribution in [0.15, 0.2) is 4.99 Å². The van der Waals surface area contributed by atoms with Gasteiger partial charge in [0.05, 0.1) is 10.7 Å². The van der Waals surface area contributed by atoms with Gasteiger partial charge in [0, 0.05) is 0 Å². The molecule has 0 aromatic carbocycles. The summed E-state index contributed by atoms with van der Waals surface area (Å²) in [6, 6.07) is 0. The number of rotatable bonds is 1. The highest BCUT2D eigenvalue weighted by Crippen LogP contribution is 2.65. The van der Waals surface area contributed by atoms with E-state index in [0.29, 0.717) is 10.8 Å². The maximum atomic E-state index is 4.97. The van der Waals surface area contributed by atoms with E-state index in [1.807, 2.05) is 0 Å². The molecule has 0 saturated heterocycles. The van der Waals surface area contributed by atoms with E-state index in [-0.39, 0.29) is 5.54 Å². The van der Waals surface area contributed by atoms with E-state index in [0.717, 1.165) is 11.8 Å². The van der Waals surface area contributed by atoms with Crippen molar-refractivity contribution in [3.63, 3.8) is 0 Å². The van der Waals surface area contributed by atoms with Crippen LogP contribution in [-0.4, -0.2) is 10.7 Å². The third kappa shape index (κ3) is 1.72. The van der Waals surface area contributed by atoms with Gasteiger partial charge in [-0.2, -0.15) is 0 Å². The van der Waals surface area contributed by atoms with E-state index in [4.69, 9.17) is 17.2 Å². The van der Waals surface area contributed by atoms with Crippen LogP contribution in [0.1, 0.15) is 65.7 Å². The monoisotopic (exact) mass is 263 g/mol. The molecule has 0 aliphatic heterocycles. The average molecular weight is 263 g/mol. The van der Waals surface area contributed by atoms with Crippen molar-refractivity contribution >= 4 is 17.4 Å². The van der Waals surface area contributed by atoms with Gasteiger partial charge in [-0.3, -0.25) is 0 Å². The second-order valence-corrected chi connectivity index (χ2v) is 8.27. The molecule has 0 amide bonds. The fourth-order valence-electron chi connectivity index (χ4n) is 5.44.